The quantitative estimate of drug-likeness (QED) is 0.323. The number of hydrogen-bond acceptors (Lipinski definition) is 8. The summed E-state index contributed by atoms with van der Waals surface area (Å²) in [6, 6.07) is 7.72. The van der Waals surface area contributed by atoms with Crippen LogP contribution in [0.2, 0.25) is 0 Å². The molecule has 1 unspecified atom stereocenters. The lowest BCUT2D eigenvalue weighted by molar-refractivity contribution is -0.252. The van der Waals surface area contributed by atoms with E-state index in [1.807, 2.05) is 5.16 Å². The summed E-state index contributed by atoms with van der Waals surface area (Å²) < 4.78 is 5.19. The van der Waals surface area contributed by atoms with Crippen molar-refractivity contribution in [2.45, 2.75) is 30.1 Å². The summed E-state index contributed by atoms with van der Waals surface area (Å²) >= 11 is 4.46. The minimum Gasteiger partial charge on any atom is -0.394 e. The summed E-state index contributed by atoms with van der Waals surface area (Å²) in [5.74, 6) is -0.880. The number of thiocarbonyl (C=S) groups is 1. The molecule has 1 aliphatic heterocycles. The molecule has 1 aliphatic rings. The van der Waals surface area contributed by atoms with Crippen molar-refractivity contribution < 1.29 is 30.0 Å². The number of carbonyl (C=O) groups excluding carboxylic acids is 1. The van der Waals surface area contributed by atoms with Crippen LogP contribution in [-0.4, -0.2) is 68.1 Å². The van der Waals surface area contributed by atoms with Crippen molar-refractivity contribution in [3.05, 3.63) is 35.9 Å². The fourth-order valence-electron chi connectivity index (χ4n) is 2.35. The van der Waals surface area contributed by atoms with Crippen LogP contribution in [0.4, 0.5) is 0 Å². The maximum absolute atomic E-state index is 12.6. The maximum atomic E-state index is 12.6. The third-order valence-corrected chi connectivity index (χ3v) is 3.69. The molecule has 4 N–H and O–H groups in total. The molecule has 0 radical (unpaired) electrons. The number of aliphatic hydroxyl groups excluding tert-OH is 3. The minimum atomic E-state index is -2.54. The molecule has 8 heteroatoms. The van der Waals surface area contributed by atoms with Crippen molar-refractivity contribution in [3.63, 3.8) is 0 Å². The molecule has 7 nitrogen and oxygen atoms in total. The predicted molar refractivity (Wildman–Crippen MR) is 78.5 cm³/mol. The Morgan fingerprint density at radius 1 is 1.36 bits per heavy atom. The SMILES string of the molecule is O=C(c1ccccc1)C1(O)[C@H](O)[C@@H](O)[C@H](CO)O[C@@H]1N=C=S. The molecule has 118 valence electrons. The van der Waals surface area contributed by atoms with Gasteiger partial charge in [0.15, 0.2) is 6.23 Å². The summed E-state index contributed by atoms with van der Waals surface area (Å²) in [4.78, 5) is 16.1. The first-order chi connectivity index (χ1) is 10.5. The van der Waals surface area contributed by atoms with Crippen LogP contribution in [0.15, 0.2) is 35.3 Å². The van der Waals surface area contributed by atoms with Crippen LogP contribution >= 0.6 is 12.2 Å². The second-order valence-electron chi connectivity index (χ2n) is 4.89. The van der Waals surface area contributed by atoms with Crippen LogP contribution in [0.5, 0.6) is 0 Å². The number of ketones is 1. The predicted octanol–water partition coefficient (Wildman–Crippen LogP) is -0.858. The van der Waals surface area contributed by atoms with Gasteiger partial charge in [0.05, 0.1) is 11.8 Å². The fourth-order valence-corrected chi connectivity index (χ4v) is 2.45. The van der Waals surface area contributed by atoms with Gasteiger partial charge in [-0.1, -0.05) is 30.3 Å². The van der Waals surface area contributed by atoms with Crippen molar-refractivity contribution in [1.82, 2.24) is 0 Å². The third-order valence-electron chi connectivity index (χ3n) is 3.59. The molecular formula is C14H15NO6S. The van der Waals surface area contributed by atoms with Crippen LogP contribution in [0, 0.1) is 0 Å². The smallest absolute Gasteiger partial charge is 0.203 e. The Hall–Kier alpha value is -1.51. The minimum absolute atomic E-state index is 0.104. The number of hydrogen-bond donors (Lipinski definition) is 4. The summed E-state index contributed by atoms with van der Waals surface area (Å²) in [6.45, 7) is -0.628. The van der Waals surface area contributed by atoms with E-state index in [4.69, 9.17) is 9.84 Å². The Balaban J connectivity index is 2.47. The monoisotopic (exact) mass is 325 g/mol. The highest BCUT2D eigenvalue weighted by Gasteiger charge is 2.59. The van der Waals surface area contributed by atoms with Gasteiger partial charge < -0.3 is 25.2 Å². The highest BCUT2D eigenvalue weighted by atomic mass is 32.1. The van der Waals surface area contributed by atoms with Crippen molar-refractivity contribution in [2.75, 3.05) is 6.61 Å². The Kier molecular flexibility index (Phi) is 5.15. The van der Waals surface area contributed by atoms with Crippen LogP contribution in [0.3, 0.4) is 0 Å². The van der Waals surface area contributed by atoms with Crippen molar-refractivity contribution >= 4 is 23.2 Å². The Morgan fingerprint density at radius 2 is 2.00 bits per heavy atom. The van der Waals surface area contributed by atoms with E-state index < -0.39 is 42.5 Å². The van der Waals surface area contributed by atoms with Crippen molar-refractivity contribution in [1.29, 1.82) is 0 Å². The molecule has 0 aromatic heterocycles. The lowest BCUT2D eigenvalue weighted by Gasteiger charge is -2.45. The van der Waals surface area contributed by atoms with Crippen molar-refractivity contribution in [3.8, 4) is 0 Å². The standard InChI is InChI=1S/C14H15NO6S/c16-6-9-10(17)12(19)14(20,13(21-9)15-7-22)11(18)8-4-2-1-3-5-8/h1-5,9-10,12-13,16-17,19-20H,6H2/t9-,10-,12+,13-,14?/m0/s1. The summed E-state index contributed by atoms with van der Waals surface area (Å²) in [5, 5.41) is 41.9. The zero-order valence-electron chi connectivity index (χ0n) is 11.4. The second-order valence-corrected chi connectivity index (χ2v) is 5.07. The number of nitrogens with zero attached hydrogens (tertiary/aromatic N) is 1. The molecular weight excluding hydrogens is 310 g/mol. The van der Waals surface area contributed by atoms with E-state index >= 15 is 0 Å². The molecule has 0 aliphatic carbocycles. The van der Waals surface area contributed by atoms with Crippen LogP contribution in [0.1, 0.15) is 10.4 Å². The molecule has 1 fully saturated rings. The van der Waals surface area contributed by atoms with E-state index in [1.165, 1.54) is 12.1 Å². The van der Waals surface area contributed by atoms with E-state index in [1.54, 1.807) is 18.2 Å². The highest BCUT2D eigenvalue weighted by molar-refractivity contribution is 7.78. The number of aliphatic hydroxyl groups is 4. The van der Waals surface area contributed by atoms with Gasteiger partial charge in [-0.05, 0) is 12.2 Å². The van der Waals surface area contributed by atoms with Crippen LogP contribution in [-0.2, 0) is 4.74 Å². The number of ether oxygens (including phenoxy) is 1. The second kappa shape index (κ2) is 6.72. The average Bonchev–Trinajstić information content (AvgIpc) is 2.55. The lowest BCUT2D eigenvalue weighted by atomic mass is 9.80. The third kappa shape index (κ3) is 2.73. The van der Waals surface area contributed by atoms with Gasteiger partial charge >= 0.3 is 0 Å². The summed E-state index contributed by atoms with van der Waals surface area (Å²) in [5.41, 5.74) is -2.44. The molecule has 2 rings (SSSR count). The zero-order chi connectivity index (χ0) is 16.3. The first-order valence-electron chi connectivity index (χ1n) is 6.48. The molecule has 1 saturated heterocycles. The Labute approximate surface area is 131 Å². The zero-order valence-corrected chi connectivity index (χ0v) is 12.2. The topological polar surface area (TPSA) is 120 Å². The van der Waals surface area contributed by atoms with E-state index in [-0.39, 0.29) is 5.56 Å². The van der Waals surface area contributed by atoms with E-state index in [2.05, 4.69) is 17.2 Å². The fraction of sp³-hybridized carbons (Fsp3) is 0.429. The molecule has 5 atom stereocenters. The van der Waals surface area contributed by atoms with E-state index in [9.17, 15) is 20.1 Å². The first-order valence-corrected chi connectivity index (χ1v) is 6.89. The number of Topliss-reactive ketones (excluding diaryl/α,β-unsaturated/α-hetero) is 1. The summed E-state index contributed by atoms with van der Waals surface area (Å²) in [7, 11) is 0. The van der Waals surface area contributed by atoms with Gasteiger partial charge in [0, 0.05) is 5.56 Å². The van der Waals surface area contributed by atoms with Gasteiger partial charge in [-0.2, -0.15) is 4.99 Å². The molecule has 1 heterocycles. The number of rotatable bonds is 4. The van der Waals surface area contributed by atoms with Gasteiger partial charge in [0.2, 0.25) is 11.4 Å². The van der Waals surface area contributed by atoms with E-state index in [0.29, 0.717) is 0 Å². The summed E-state index contributed by atoms with van der Waals surface area (Å²) in [6.07, 6.45) is -6.38. The van der Waals surface area contributed by atoms with Crippen LogP contribution in [0.25, 0.3) is 0 Å². The molecule has 0 bridgehead atoms. The Bertz CT molecular complexity index is 590. The van der Waals surface area contributed by atoms with Gasteiger partial charge in [-0.15, -0.1) is 0 Å². The van der Waals surface area contributed by atoms with Crippen molar-refractivity contribution in [2.24, 2.45) is 4.99 Å². The largest absolute Gasteiger partial charge is 0.394 e. The number of carbonyl (C=O) groups is 1. The van der Waals surface area contributed by atoms with E-state index in [0.717, 1.165) is 0 Å². The Morgan fingerprint density at radius 3 is 2.55 bits per heavy atom. The average molecular weight is 325 g/mol. The molecule has 0 spiro atoms. The first kappa shape index (κ1) is 16.9. The number of benzene rings is 1. The lowest BCUT2D eigenvalue weighted by Crippen LogP contribution is -2.69. The number of aliphatic imine (C=N–C) groups is 1. The molecule has 1 aromatic carbocycles. The maximum Gasteiger partial charge on any atom is 0.203 e. The van der Waals surface area contributed by atoms with Gasteiger partial charge in [-0.25, -0.2) is 0 Å². The highest BCUT2D eigenvalue weighted by Crippen LogP contribution is 2.33. The van der Waals surface area contributed by atoms with Gasteiger partial charge in [0.1, 0.15) is 18.3 Å². The molecule has 22 heavy (non-hydrogen) atoms. The normalized spacial score (nSPS) is 34.7. The van der Waals surface area contributed by atoms with Gasteiger partial charge in [0.25, 0.3) is 0 Å². The molecule has 1 aromatic rings. The van der Waals surface area contributed by atoms with Gasteiger partial charge in [-0.3, -0.25) is 4.79 Å². The number of isothiocyanates is 1. The molecule has 0 amide bonds. The van der Waals surface area contributed by atoms with Crippen LogP contribution < -0.4 is 0 Å². The molecule has 0 saturated carbocycles.